The number of nitrogens with one attached hydrogen (secondary N) is 1. The lowest BCUT2D eigenvalue weighted by atomic mass is 10.1. The van der Waals surface area contributed by atoms with Crippen LogP contribution in [0.5, 0.6) is 0 Å². The van der Waals surface area contributed by atoms with E-state index >= 15 is 0 Å². The molecule has 0 spiro atoms. The second-order valence-corrected chi connectivity index (χ2v) is 10.5. The minimum atomic E-state index is -3.41. The molecule has 1 amide bonds. The molecule has 10 heteroatoms. The first-order valence-corrected chi connectivity index (χ1v) is 11.5. The van der Waals surface area contributed by atoms with Gasteiger partial charge in [0.25, 0.3) is 5.91 Å². The molecule has 0 saturated heterocycles. The van der Waals surface area contributed by atoms with Gasteiger partial charge in [-0.2, -0.15) is 0 Å². The van der Waals surface area contributed by atoms with Gasteiger partial charge in [-0.05, 0) is 30.5 Å². The van der Waals surface area contributed by atoms with E-state index < -0.39 is 10.0 Å². The van der Waals surface area contributed by atoms with E-state index in [2.05, 4.69) is 29.4 Å². The zero-order chi connectivity index (χ0) is 19.5. The molecule has 0 radical (unpaired) electrons. The van der Waals surface area contributed by atoms with Crippen molar-refractivity contribution in [2.45, 2.75) is 25.1 Å². The van der Waals surface area contributed by atoms with Gasteiger partial charge in [0, 0.05) is 18.4 Å². The second kappa shape index (κ2) is 8.36. The Kier molecular flexibility index (Phi) is 6.64. The van der Waals surface area contributed by atoms with E-state index in [4.69, 9.17) is 0 Å². The molecular weight excluding hydrogens is 392 g/mol. The number of hydrogen-bond donors (Lipinski definition) is 1. The third kappa shape index (κ3) is 5.42. The van der Waals surface area contributed by atoms with Crippen molar-refractivity contribution in [1.82, 2.24) is 10.2 Å². The van der Waals surface area contributed by atoms with E-state index in [9.17, 15) is 13.2 Å². The molecule has 7 nitrogen and oxygen atoms in total. The van der Waals surface area contributed by atoms with Gasteiger partial charge < -0.3 is 0 Å². The topological polar surface area (TPSA) is 92.3 Å². The van der Waals surface area contributed by atoms with Crippen molar-refractivity contribution in [3.8, 4) is 0 Å². The van der Waals surface area contributed by atoms with Gasteiger partial charge in [0.2, 0.25) is 15.2 Å². The number of amides is 1. The summed E-state index contributed by atoms with van der Waals surface area (Å²) in [5.74, 6) is 1.12. The molecule has 0 unspecified atom stereocenters. The van der Waals surface area contributed by atoms with Crippen LogP contribution in [0.15, 0.2) is 22.5 Å². The molecule has 1 aromatic carbocycles. The Morgan fingerprint density at radius 1 is 1.35 bits per heavy atom. The minimum Gasteiger partial charge on any atom is -0.296 e. The lowest BCUT2D eigenvalue weighted by molar-refractivity contribution is 0.102. The zero-order valence-corrected chi connectivity index (χ0v) is 17.8. The van der Waals surface area contributed by atoms with Gasteiger partial charge in [0.15, 0.2) is 4.34 Å². The molecule has 2 rings (SSSR count). The number of anilines is 2. The lowest BCUT2D eigenvalue weighted by Crippen LogP contribution is -2.26. The van der Waals surface area contributed by atoms with Crippen molar-refractivity contribution < 1.29 is 13.2 Å². The van der Waals surface area contributed by atoms with Crippen molar-refractivity contribution >= 4 is 49.8 Å². The molecular formula is C16H22N4O3S3. The maximum absolute atomic E-state index is 12.5. The highest BCUT2D eigenvalue weighted by atomic mass is 32.2. The largest absolute Gasteiger partial charge is 0.296 e. The first-order chi connectivity index (χ1) is 12.1. The van der Waals surface area contributed by atoms with Crippen LogP contribution < -0.4 is 9.62 Å². The SMILES string of the molecule is Cc1ccc(C(=O)Nc2nnc(SCC(C)C)s2)cc1N(C)S(C)(=O)=O. The number of carbonyl (C=O) groups excluding carboxylic acids is 1. The summed E-state index contributed by atoms with van der Waals surface area (Å²) in [5.41, 5.74) is 1.58. The number of rotatable bonds is 7. The van der Waals surface area contributed by atoms with E-state index in [0.717, 1.165) is 26.2 Å². The number of aromatic nitrogens is 2. The Labute approximate surface area is 162 Å². The Morgan fingerprint density at radius 3 is 2.65 bits per heavy atom. The number of hydrogen-bond acceptors (Lipinski definition) is 7. The number of nitrogens with zero attached hydrogens (tertiary/aromatic N) is 3. The third-order valence-electron chi connectivity index (χ3n) is 3.48. The average molecular weight is 415 g/mol. The van der Waals surface area contributed by atoms with Gasteiger partial charge in [0.1, 0.15) is 0 Å². The van der Waals surface area contributed by atoms with Gasteiger partial charge in [0.05, 0.1) is 11.9 Å². The molecule has 0 atom stereocenters. The molecule has 0 aliphatic rings. The standard InChI is InChI=1S/C16H22N4O3S3/c1-10(2)9-24-16-19-18-15(25-16)17-14(21)12-7-6-11(3)13(8-12)20(4)26(5,22)23/h6-8,10H,9H2,1-5H3,(H,17,18,21). The van der Waals surface area contributed by atoms with Crippen LogP contribution in [0.4, 0.5) is 10.8 Å². The van der Waals surface area contributed by atoms with Crippen LogP contribution in [0.25, 0.3) is 0 Å². The fourth-order valence-corrected chi connectivity index (χ4v) is 4.27. The molecule has 1 N–H and O–H groups in total. The Bertz CT molecular complexity index is 894. The average Bonchev–Trinajstić information content (AvgIpc) is 2.99. The highest BCUT2D eigenvalue weighted by molar-refractivity contribution is 8.01. The summed E-state index contributed by atoms with van der Waals surface area (Å²) in [6.07, 6.45) is 1.12. The smallest absolute Gasteiger partial charge is 0.257 e. The lowest BCUT2D eigenvalue weighted by Gasteiger charge is -2.19. The molecule has 142 valence electrons. The number of thioether (sulfide) groups is 1. The summed E-state index contributed by atoms with van der Waals surface area (Å²) in [4.78, 5) is 12.5. The van der Waals surface area contributed by atoms with E-state index in [0.29, 0.717) is 22.3 Å². The normalized spacial score (nSPS) is 11.6. The summed E-state index contributed by atoms with van der Waals surface area (Å²) in [5, 5.41) is 11.2. The predicted octanol–water partition coefficient (Wildman–Crippen LogP) is 3.24. The summed E-state index contributed by atoms with van der Waals surface area (Å²) in [6, 6.07) is 4.93. The zero-order valence-electron chi connectivity index (χ0n) is 15.3. The van der Waals surface area contributed by atoms with Crippen molar-refractivity contribution in [2.24, 2.45) is 5.92 Å². The van der Waals surface area contributed by atoms with E-state index in [1.165, 1.54) is 18.4 Å². The summed E-state index contributed by atoms with van der Waals surface area (Å²) < 4.78 is 25.5. The maximum atomic E-state index is 12.5. The van der Waals surface area contributed by atoms with Crippen molar-refractivity contribution in [3.63, 3.8) is 0 Å². The predicted molar refractivity (Wildman–Crippen MR) is 108 cm³/mol. The molecule has 0 aliphatic heterocycles. The van der Waals surface area contributed by atoms with Crippen LogP contribution in [0.1, 0.15) is 29.8 Å². The van der Waals surface area contributed by atoms with Gasteiger partial charge in [-0.1, -0.05) is 43.0 Å². The van der Waals surface area contributed by atoms with E-state index in [1.54, 1.807) is 36.9 Å². The second-order valence-electron chi connectivity index (χ2n) is 6.26. The minimum absolute atomic E-state index is 0.354. The first kappa shape index (κ1) is 20.7. The monoisotopic (exact) mass is 414 g/mol. The van der Waals surface area contributed by atoms with Crippen LogP contribution in [0.3, 0.4) is 0 Å². The number of sulfonamides is 1. The molecule has 2 aromatic rings. The molecule has 0 aliphatic carbocycles. The van der Waals surface area contributed by atoms with Gasteiger partial charge in [-0.25, -0.2) is 8.42 Å². The fraction of sp³-hybridized carbons (Fsp3) is 0.438. The van der Waals surface area contributed by atoms with Crippen LogP contribution in [-0.4, -0.2) is 43.6 Å². The van der Waals surface area contributed by atoms with E-state index in [-0.39, 0.29) is 5.91 Å². The molecule has 1 aromatic heterocycles. The molecule has 26 heavy (non-hydrogen) atoms. The highest BCUT2D eigenvalue weighted by Gasteiger charge is 2.17. The number of carbonyl (C=O) groups is 1. The molecule has 0 fully saturated rings. The Morgan fingerprint density at radius 2 is 2.04 bits per heavy atom. The van der Waals surface area contributed by atoms with Crippen LogP contribution in [0.2, 0.25) is 0 Å². The summed E-state index contributed by atoms with van der Waals surface area (Å²) in [6.45, 7) is 6.04. The van der Waals surface area contributed by atoms with Crippen molar-refractivity contribution in [2.75, 3.05) is 28.7 Å². The Hall–Kier alpha value is -1.65. The van der Waals surface area contributed by atoms with Gasteiger partial charge in [-0.15, -0.1) is 10.2 Å². The van der Waals surface area contributed by atoms with Crippen LogP contribution >= 0.6 is 23.1 Å². The summed E-state index contributed by atoms with van der Waals surface area (Å²) >= 11 is 2.92. The molecule has 1 heterocycles. The highest BCUT2D eigenvalue weighted by Crippen LogP contribution is 2.28. The third-order valence-corrected chi connectivity index (χ3v) is 7.07. The first-order valence-electron chi connectivity index (χ1n) is 7.90. The van der Waals surface area contributed by atoms with Crippen LogP contribution in [0, 0.1) is 12.8 Å². The molecule has 0 bridgehead atoms. The van der Waals surface area contributed by atoms with Crippen molar-refractivity contribution in [3.05, 3.63) is 29.3 Å². The van der Waals surface area contributed by atoms with Gasteiger partial charge in [-0.3, -0.25) is 14.4 Å². The fourth-order valence-electron chi connectivity index (χ4n) is 1.99. The van der Waals surface area contributed by atoms with Gasteiger partial charge >= 0.3 is 0 Å². The maximum Gasteiger partial charge on any atom is 0.257 e. The summed E-state index contributed by atoms with van der Waals surface area (Å²) in [7, 11) is -1.95. The van der Waals surface area contributed by atoms with Crippen molar-refractivity contribution in [1.29, 1.82) is 0 Å². The van der Waals surface area contributed by atoms with E-state index in [1.807, 2.05) is 0 Å². The molecule has 0 saturated carbocycles. The van der Waals surface area contributed by atoms with Crippen LogP contribution in [-0.2, 0) is 10.0 Å². The Balaban J connectivity index is 2.15. The number of benzene rings is 1. The quantitative estimate of drug-likeness (QED) is 0.552. The number of aryl methyl sites for hydroxylation is 1.